The van der Waals surface area contributed by atoms with Crippen molar-refractivity contribution >= 4 is 24.2 Å². The topological polar surface area (TPSA) is 89.9 Å². The Labute approximate surface area is 261 Å². The van der Waals surface area contributed by atoms with Gasteiger partial charge in [-0.1, -0.05) is 55.7 Å². The van der Waals surface area contributed by atoms with Gasteiger partial charge in [0, 0.05) is 6.54 Å². The molecule has 2 aliphatic rings. The Hall–Kier alpha value is -4.01. The number of carbonyl (C=O) groups excluding carboxylic acids is 2. The van der Waals surface area contributed by atoms with E-state index >= 15 is 0 Å². The van der Waals surface area contributed by atoms with Gasteiger partial charge in [0.05, 0.1) is 25.5 Å². The third-order valence-electron chi connectivity index (χ3n) is 7.69. The molecule has 9 nitrogen and oxygen atoms in total. The summed E-state index contributed by atoms with van der Waals surface area (Å²) >= 11 is 0. The lowest BCUT2D eigenvalue weighted by molar-refractivity contribution is 0.0408. The summed E-state index contributed by atoms with van der Waals surface area (Å²) in [6.45, 7) is 11.4. The second-order valence-electron chi connectivity index (χ2n) is 13.3. The van der Waals surface area contributed by atoms with Gasteiger partial charge in [0.25, 0.3) is 0 Å². The predicted molar refractivity (Wildman–Crippen MR) is 172 cm³/mol. The molecule has 1 heterocycles. The standard InChI is InChI=1S/C35H47N3O6/c1-33(2,3)43-31(39)36-30-37(22-19-26-17-18-27(41-7)28(23-26)42-8)35(20-13-10-14-21-35)29(24-25-15-11-9-12-16-25)38(30)32(40)44-34(4,5)6/h9,11-12,15-18,23-24H,10,13-14,19-22H2,1-8H3/b29-24-,36-30-. The van der Waals surface area contributed by atoms with Crippen LogP contribution in [0, 0.1) is 0 Å². The van der Waals surface area contributed by atoms with E-state index in [-0.39, 0.29) is 5.96 Å². The largest absolute Gasteiger partial charge is 0.493 e. The van der Waals surface area contributed by atoms with Gasteiger partial charge in [-0.25, -0.2) is 14.5 Å². The van der Waals surface area contributed by atoms with Crippen LogP contribution in [0.4, 0.5) is 9.59 Å². The minimum absolute atomic E-state index is 0.220. The second kappa shape index (κ2) is 13.3. The summed E-state index contributed by atoms with van der Waals surface area (Å²) in [6, 6.07) is 15.8. The van der Waals surface area contributed by atoms with Crippen LogP contribution in [-0.2, 0) is 15.9 Å². The molecule has 0 bridgehead atoms. The molecule has 1 spiro atoms. The van der Waals surface area contributed by atoms with Gasteiger partial charge >= 0.3 is 12.2 Å². The van der Waals surface area contributed by atoms with E-state index in [0.29, 0.717) is 24.5 Å². The minimum atomic E-state index is -0.765. The van der Waals surface area contributed by atoms with Crippen LogP contribution < -0.4 is 9.47 Å². The van der Waals surface area contributed by atoms with Crippen molar-refractivity contribution in [1.29, 1.82) is 0 Å². The maximum atomic E-state index is 14.1. The molecular formula is C35H47N3O6. The van der Waals surface area contributed by atoms with Crippen molar-refractivity contribution in [3.8, 4) is 11.5 Å². The fraction of sp³-hybridized carbons (Fsp3) is 0.514. The average molecular weight is 606 g/mol. The third kappa shape index (κ3) is 7.73. The number of hydrogen-bond acceptors (Lipinski definition) is 6. The number of carbonyl (C=O) groups is 2. The van der Waals surface area contributed by atoms with Crippen LogP contribution in [0.25, 0.3) is 6.08 Å². The molecular weight excluding hydrogens is 558 g/mol. The first kappa shape index (κ1) is 32.9. The van der Waals surface area contributed by atoms with Crippen LogP contribution in [0.5, 0.6) is 11.5 Å². The Balaban J connectivity index is 1.89. The van der Waals surface area contributed by atoms with Gasteiger partial charge in [-0.15, -0.1) is 4.99 Å². The van der Waals surface area contributed by atoms with E-state index in [4.69, 9.17) is 18.9 Å². The van der Waals surface area contributed by atoms with Gasteiger partial charge in [0.2, 0.25) is 5.96 Å². The van der Waals surface area contributed by atoms with Crippen molar-refractivity contribution in [3.63, 3.8) is 0 Å². The van der Waals surface area contributed by atoms with E-state index in [2.05, 4.69) is 9.89 Å². The number of guanidine groups is 1. The number of rotatable bonds is 6. The summed E-state index contributed by atoms with van der Waals surface area (Å²) in [4.78, 5) is 35.6. The second-order valence-corrected chi connectivity index (χ2v) is 13.3. The van der Waals surface area contributed by atoms with E-state index in [0.717, 1.165) is 48.9 Å². The summed E-state index contributed by atoms with van der Waals surface area (Å²) < 4.78 is 22.6. The van der Waals surface area contributed by atoms with Gasteiger partial charge < -0.3 is 23.8 Å². The van der Waals surface area contributed by atoms with Gasteiger partial charge in [-0.3, -0.25) is 0 Å². The van der Waals surface area contributed by atoms with Crippen molar-refractivity contribution in [1.82, 2.24) is 9.80 Å². The van der Waals surface area contributed by atoms with Crippen molar-refractivity contribution < 1.29 is 28.5 Å². The van der Waals surface area contributed by atoms with Gasteiger partial charge in [-0.05, 0) is 90.1 Å². The molecule has 1 saturated carbocycles. The van der Waals surface area contributed by atoms with E-state index in [1.807, 2.05) is 75.4 Å². The SMILES string of the molecule is COc1ccc(CCN2/C(=N/C(=O)OC(C)(C)C)N(C(=O)OC(C)(C)C)/C(=C\c3ccccc3)C23CCCCC3)cc1OC. The number of hydrogen-bond donors (Lipinski definition) is 0. The number of nitrogens with zero attached hydrogens (tertiary/aromatic N) is 3. The maximum absolute atomic E-state index is 14.1. The molecule has 1 aliphatic carbocycles. The number of amides is 2. The molecule has 4 rings (SSSR count). The van der Waals surface area contributed by atoms with Crippen molar-refractivity contribution in [2.24, 2.45) is 4.99 Å². The molecule has 2 fully saturated rings. The molecule has 9 heteroatoms. The normalized spacial score (nSPS) is 18.5. The highest BCUT2D eigenvalue weighted by atomic mass is 16.6. The Kier molecular flexibility index (Phi) is 9.96. The summed E-state index contributed by atoms with van der Waals surface area (Å²) in [5.41, 5.74) is 0.620. The molecule has 2 amide bonds. The van der Waals surface area contributed by atoms with Crippen molar-refractivity contribution in [2.45, 2.75) is 96.8 Å². The monoisotopic (exact) mass is 605 g/mol. The first-order valence-electron chi connectivity index (χ1n) is 15.4. The lowest BCUT2D eigenvalue weighted by Crippen LogP contribution is -2.49. The number of benzene rings is 2. The lowest BCUT2D eigenvalue weighted by Gasteiger charge is -2.42. The summed E-state index contributed by atoms with van der Waals surface area (Å²) in [5, 5.41) is 0. The van der Waals surface area contributed by atoms with Crippen LogP contribution in [0.3, 0.4) is 0 Å². The zero-order valence-corrected chi connectivity index (χ0v) is 27.4. The summed E-state index contributed by atoms with van der Waals surface area (Å²) in [5.74, 6) is 1.51. The van der Waals surface area contributed by atoms with Crippen LogP contribution in [0.2, 0.25) is 0 Å². The molecule has 0 N–H and O–H groups in total. The third-order valence-corrected chi connectivity index (χ3v) is 7.69. The van der Waals surface area contributed by atoms with Crippen LogP contribution in [-0.4, -0.2) is 65.5 Å². The van der Waals surface area contributed by atoms with Crippen LogP contribution in [0.1, 0.15) is 84.8 Å². The molecule has 1 aliphatic heterocycles. The highest BCUT2D eigenvalue weighted by Crippen LogP contribution is 2.48. The fourth-order valence-corrected chi connectivity index (χ4v) is 5.89. The van der Waals surface area contributed by atoms with Crippen LogP contribution in [0.15, 0.2) is 59.2 Å². The predicted octanol–water partition coefficient (Wildman–Crippen LogP) is 7.83. The van der Waals surface area contributed by atoms with E-state index in [1.54, 1.807) is 35.0 Å². The maximum Gasteiger partial charge on any atom is 0.437 e. The molecule has 0 atom stereocenters. The van der Waals surface area contributed by atoms with Gasteiger partial charge in [0.15, 0.2) is 11.5 Å². The number of methoxy groups -OCH3 is 2. The number of aliphatic imine (C=N–C) groups is 1. The van der Waals surface area contributed by atoms with Gasteiger partial charge in [-0.2, -0.15) is 0 Å². The average Bonchev–Trinajstić information content (AvgIpc) is 3.17. The van der Waals surface area contributed by atoms with Gasteiger partial charge in [0.1, 0.15) is 11.2 Å². The molecule has 1 saturated heterocycles. The summed E-state index contributed by atoms with van der Waals surface area (Å²) in [7, 11) is 3.23. The first-order valence-corrected chi connectivity index (χ1v) is 15.4. The fourth-order valence-electron chi connectivity index (χ4n) is 5.89. The van der Waals surface area contributed by atoms with E-state index in [9.17, 15) is 9.59 Å². The molecule has 238 valence electrons. The zero-order chi connectivity index (χ0) is 32.1. The lowest BCUT2D eigenvalue weighted by atomic mass is 9.78. The minimum Gasteiger partial charge on any atom is -0.493 e. The van der Waals surface area contributed by atoms with E-state index in [1.165, 1.54) is 4.90 Å². The molecule has 44 heavy (non-hydrogen) atoms. The number of ether oxygens (including phenoxy) is 4. The molecule has 2 aromatic rings. The molecule has 0 aromatic heterocycles. The zero-order valence-electron chi connectivity index (χ0n) is 27.4. The van der Waals surface area contributed by atoms with Crippen molar-refractivity contribution in [2.75, 3.05) is 20.8 Å². The van der Waals surface area contributed by atoms with E-state index < -0.39 is 28.9 Å². The highest BCUT2D eigenvalue weighted by Gasteiger charge is 2.55. The Morgan fingerprint density at radius 2 is 1.50 bits per heavy atom. The first-order chi connectivity index (χ1) is 20.8. The molecule has 0 radical (unpaired) electrons. The summed E-state index contributed by atoms with van der Waals surface area (Å²) in [6.07, 6.45) is 5.93. The molecule has 0 unspecified atom stereocenters. The smallest absolute Gasteiger partial charge is 0.437 e. The molecule has 2 aromatic carbocycles. The van der Waals surface area contributed by atoms with Crippen molar-refractivity contribution in [3.05, 3.63) is 65.4 Å². The highest BCUT2D eigenvalue weighted by molar-refractivity contribution is 6.04. The Morgan fingerprint density at radius 1 is 0.864 bits per heavy atom. The van der Waals surface area contributed by atoms with Crippen LogP contribution >= 0.6 is 0 Å². The Morgan fingerprint density at radius 3 is 2.09 bits per heavy atom. The Bertz CT molecular complexity index is 1380. The quantitative estimate of drug-likeness (QED) is 0.331.